The van der Waals surface area contributed by atoms with Gasteiger partial charge in [-0.15, -0.1) is 6.58 Å². The van der Waals surface area contributed by atoms with Gasteiger partial charge in [0.25, 0.3) is 0 Å². The van der Waals surface area contributed by atoms with Gasteiger partial charge in [0.1, 0.15) is 0 Å². The second-order valence-electron chi connectivity index (χ2n) is 3.27. The Morgan fingerprint density at radius 1 is 1.69 bits per heavy atom. The van der Waals surface area contributed by atoms with Gasteiger partial charge in [-0.3, -0.25) is 4.79 Å². The Hall–Kier alpha value is -0.830. The predicted molar refractivity (Wildman–Crippen MR) is 55.3 cm³/mol. The van der Waals surface area contributed by atoms with Crippen molar-refractivity contribution in [2.24, 2.45) is 11.7 Å². The second-order valence-corrected chi connectivity index (χ2v) is 3.27. The summed E-state index contributed by atoms with van der Waals surface area (Å²) in [7, 11) is 0. The first-order valence-electron chi connectivity index (χ1n) is 4.77. The van der Waals surface area contributed by atoms with Crippen molar-refractivity contribution >= 4 is 5.91 Å². The molecule has 0 radical (unpaired) electrons. The molecule has 0 aromatic carbocycles. The number of hydrogen-bond donors (Lipinski definition) is 2. The van der Waals surface area contributed by atoms with Crippen LogP contribution in [0.15, 0.2) is 12.7 Å². The van der Waals surface area contributed by atoms with Crippen LogP contribution in [0.4, 0.5) is 0 Å². The summed E-state index contributed by atoms with van der Waals surface area (Å²) in [5.74, 6) is 0.00613. The number of amides is 1. The summed E-state index contributed by atoms with van der Waals surface area (Å²) < 4.78 is 0. The van der Waals surface area contributed by atoms with Gasteiger partial charge >= 0.3 is 0 Å². The van der Waals surface area contributed by atoms with Crippen LogP contribution in [0.2, 0.25) is 0 Å². The Kier molecular flexibility index (Phi) is 6.24. The average molecular weight is 184 g/mol. The molecule has 0 rings (SSSR count). The first-order chi connectivity index (χ1) is 6.15. The minimum Gasteiger partial charge on any atom is -0.353 e. The van der Waals surface area contributed by atoms with Crippen LogP contribution in [0.1, 0.15) is 26.7 Å². The summed E-state index contributed by atoms with van der Waals surface area (Å²) in [5.41, 5.74) is 5.45. The molecule has 0 heterocycles. The Labute approximate surface area is 80.4 Å². The van der Waals surface area contributed by atoms with Crippen molar-refractivity contribution in [1.82, 2.24) is 5.32 Å². The largest absolute Gasteiger partial charge is 0.353 e. The van der Waals surface area contributed by atoms with Crippen molar-refractivity contribution in [1.29, 1.82) is 0 Å². The van der Waals surface area contributed by atoms with Crippen LogP contribution in [0.25, 0.3) is 0 Å². The van der Waals surface area contributed by atoms with E-state index in [0.29, 0.717) is 6.54 Å². The van der Waals surface area contributed by atoms with Crippen LogP contribution < -0.4 is 11.1 Å². The Morgan fingerprint density at radius 3 is 2.69 bits per heavy atom. The molecule has 0 saturated heterocycles. The Bertz CT molecular complexity index is 164. The molecule has 0 spiro atoms. The summed E-state index contributed by atoms with van der Waals surface area (Å²) in [6.45, 7) is 7.97. The molecule has 0 bridgehead atoms. The van der Waals surface area contributed by atoms with E-state index in [1.165, 1.54) is 0 Å². The molecule has 0 fully saturated rings. The number of nitrogens with one attached hydrogen (secondary N) is 1. The number of nitrogens with two attached hydrogens (primary N) is 1. The van der Waals surface area contributed by atoms with E-state index in [9.17, 15) is 4.79 Å². The summed E-state index contributed by atoms with van der Waals surface area (Å²) in [4.78, 5) is 11.5. The summed E-state index contributed by atoms with van der Waals surface area (Å²) >= 11 is 0. The molecule has 3 nitrogen and oxygen atoms in total. The summed E-state index contributed by atoms with van der Waals surface area (Å²) in [5, 5.41) is 2.89. The molecule has 2 atom stereocenters. The lowest BCUT2D eigenvalue weighted by molar-refractivity contribution is -0.125. The molecule has 0 aliphatic rings. The van der Waals surface area contributed by atoms with Crippen molar-refractivity contribution < 1.29 is 4.79 Å². The first kappa shape index (κ1) is 12.2. The quantitative estimate of drug-likeness (QED) is 0.606. The molecule has 76 valence electrons. The number of carbonyl (C=O) groups excluding carboxylic acids is 1. The maximum Gasteiger partial charge on any atom is 0.224 e. The fourth-order valence-electron chi connectivity index (χ4n) is 1.13. The van der Waals surface area contributed by atoms with Gasteiger partial charge in [-0.05, 0) is 19.8 Å². The van der Waals surface area contributed by atoms with Crippen molar-refractivity contribution in [3.63, 3.8) is 0 Å². The summed E-state index contributed by atoms with van der Waals surface area (Å²) in [6, 6.07) is 0.158. The second kappa shape index (κ2) is 6.66. The van der Waals surface area contributed by atoms with Gasteiger partial charge in [0, 0.05) is 18.5 Å². The zero-order valence-electron chi connectivity index (χ0n) is 8.55. The number of rotatable bonds is 6. The van der Waals surface area contributed by atoms with Crippen LogP contribution in [0.5, 0.6) is 0 Å². The molecule has 0 aliphatic carbocycles. The number of hydrogen-bond acceptors (Lipinski definition) is 2. The summed E-state index contributed by atoms with van der Waals surface area (Å²) in [6.07, 6.45) is 3.39. The number of carbonyl (C=O) groups is 1. The minimum atomic E-state index is -0.0488. The average Bonchev–Trinajstić information content (AvgIpc) is 2.06. The lowest BCUT2D eigenvalue weighted by Gasteiger charge is -2.16. The van der Waals surface area contributed by atoms with E-state index in [1.807, 2.05) is 13.8 Å². The maximum absolute atomic E-state index is 11.5. The van der Waals surface area contributed by atoms with Gasteiger partial charge in [0.2, 0.25) is 5.91 Å². The molecule has 0 aromatic rings. The zero-order valence-corrected chi connectivity index (χ0v) is 8.55. The third kappa shape index (κ3) is 4.68. The molecular weight excluding hydrogens is 164 g/mol. The van der Waals surface area contributed by atoms with Crippen LogP contribution in [-0.2, 0) is 4.79 Å². The van der Waals surface area contributed by atoms with Crippen molar-refractivity contribution in [3.05, 3.63) is 12.7 Å². The molecule has 2 unspecified atom stereocenters. The van der Waals surface area contributed by atoms with Crippen LogP contribution >= 0.6 is 0 Å². The molecule has 3 N–H and O–H groups in total. The predicted octanol–water partition coefficient (Wildman–Crippen LogP) is 1.05. The molecule has 0 aliphatic heterocycles. The van der Waals surface area contributed by atoms with Gasteiger partial charge in [-0.2, -0.15) is 0 Å². The highest BCUT2D eigenvalue weighted by Crippen LogP contribution is 2.01. The normalized spacial score (nSPS) is 14.7. The lowest BCUT2D eigenvalue weighted by Crippen LogP contribution is -2.39. The lowest BCUT2D eigenvalue weighted by atomic mass is 10.1. The maximum atomic E-state index is 11.5. The standard InChI is InChI=1S/C10H20N2O/c1-4-6-8(3)12-10(13)9(5-2)7-11/h4,8-9H,1,5-7,11H2,2-3H3,(H,12,13). The van der Waals surface area contributed by atoms with Gasteiger partial charge < -0.3 is 11.1 Å². The topological polar surface area (TPSA) is 55.1 Å². The molecule has 3 heteroatoms. The van der Waals surface area contributed by atoms with Crippen molar-refractivity contribution in [2.45, 2.75) is 32.7 Å². The van der Waals surface area contributed by atoms with E-state index in [-0.39, 0.29) is 17.9 Å². The zero-order chi connectivity index (χ0) is 10.3. The van der Waals surface area contributed by atoms with Gasteiger partial charge in [-0.25, -0.2) is 0 Å². The van der Waals surface area contributed by atoms with Crippen LogP contribution in [0.3, 0.4) is 0 Å². The highest BCUT2D eigenvalue weighted by molar-refractivity contribution is 5.79. The van der Waals surface area contributed by atoms with E-state index in [2.05, 4.69) is 11.9 Å². The third-order valence-electron chi connectivity index (χ3n) is 2.06. The van der Waals surface area contributed by atoms with Gasteiger partial charge in [0.05, 0.1) is 0 Å². The highest BCUT2D eigenvalue weighted by atomic mass is 16.1. The van der Waals surface area contributed by atoms with E-state index in [1.54, 1.807) is 6.08 Å². The SMILES string of the molecule is C=CCC(C)NC(=O)C(CC)CN. The smallest absolute Gasteiger partial charge is 0.224 e. The minimum absolute atomic E-state index is 0.0488. The van der Waals surface area contributed by atoms with Crippen molar-refractivity contribution in [2.75, 3.05) is 6.54 Å². The third-order valence-corrected chi connectivity index (χ3v) is 2.06. The molecule has 0 saturated carbocycles. The van der Waals surface area contributed by atoms with Crippen molar-refractivity contribution in [3.8, 4) is 0 Å². The Morgan fingerprint density at radius 2 is 2.31 bits per heavy atom. The monoisotopic (exact) mass is 184 g/mol. The van der Waals surface area contributed by atoms with E-state index in [4.69, 9.17) is 5.73 Å². The van der Waals surface area contributed by atoms with Gasteiger partial charge in [0.15, 0.2) is 0 Å². The first-order valence-corrected chi connectivity index (χ1v) is 4.77. The molecule has 13 heavy (non-hydrogen) atoms. The van der Waals surface area contributed by atoms with Crippen LogP contribution in [-0.4, -0.2) is 18.5 Å². The van der Waals surface area contributed by atoms with E-state index in [0.717, 1.165) is 12.8 Å². The molecule has 0 aromatic heterocycles. The van der Waals surface area contributed by atoms with Crippen LogP contribution in [0, 0.1) is 5.92 Å². The van der Waals surface area contributed by atoms with E-state index >= 15 is 0 Å². The molecule has 1 amide bonds. The molecular formula is C10H20N2O. The van der Waals surface area contributed by atoms with E-state index < -0.39 is 0 Å². The highest BCUT2D eigenvalue weighted by Gasteiger charge is 2.15. The van der Waals surface area contributed by atoms with Gasteiger partial charge in [-0.1, -0.05) is 13.0 Å². The fraction of sp³-hybridized carbons (Fsp3) is 0.700. The fourth-order valence-corrected chi connectivity index (χ4v) is 1.13. The Balaban J connectivity index is 3.89.